The molecule has 3 nitrogen and oxygen atoms in total. The Morgan fingerprint density at radius 3 is 2.88 bits per heavy atom. The van der Waals surface area contributed by atoms with Crippen molar-refractivity contribution in [1.82, 2.24) is 14.3 Å². The Morgan fingerprint density at radius 2 is 2.06 bits per heavy atom. The number of fused-ring (bicyclic) bond motifs is 1. The van der Waals surface area contributed by atoms with Gasteiger partial charge in [0.1, 0.15) is 5.82 Å². The van der Waals surface area contributed by atoms with Gasteiger partial charge in [0.05, 0.1) is 16.3 Å². The molecule has 1 aliphatic heterocycles. The molecule has 2 aromatic rings. The number of likely N-dealkylation sites (tertiary alicyclic amines) is 1. The normalized spacial score (nSPS) is 17.0. The number of aromatic nitrogens is 2. The van der Waals surface area contributed by atoms with Crippen molar-refractivity contribution in [3.8, 4) is 0 Å². The summed E-state index contributed by atoms with van der Waals surface area (Å²) in [7, 11) is 0. The van der Waals surface area contributed by atoms with Crippen LogP contribution < -0.4 is 0 Å². The molecule has 1 fully saturated rings. The maximum Gasteiger partial charge on any atom is 0.115 e. The van der Waals surface area contributed by atoms with E-state index in [-0.39, 0.29) is 0 Å². The van der Waals surface area contributed by atoms with Crippen LogP contribution in [0.2, 0.25) is 0 Å². The summed E-state index contributed by atoms with van der Waals surface area (Å²) in [6, 6.07) is 6.20. The molecular formula is C13H16BrN3. The van der Waals surface area contributed by atoms with Gasteiger partial charge in [0, 0.05) is 13.0 Å². The van der Waals surface area contributed by atoms with Crippen molar-refractivity contribution >= 4 is 21.4 Å². The number of halogens is 1. The molecule has 4 heteroatoms. The van der Waals surface area contributed by atoms with E-state index in [1.165, 1.54) is 25.9 Å². The van der Waals surface area contributed by atoms with E-state index in [9.17, 15) is 0 Å². The lowest BCUT2D eigenvalue weighted by Gasteiger charge is -2.13. The molecule has 0 aromatic carbocycles. The second-order valence-corrected chi connectivity index (χ2v) is 5.39. The first-order valence-corrected chi connectivity index (χ1v) is 6.97. The standard InChI is InChI=1S/C13H16BrN3/c14-12-5-3-4-11-10-15-13(17(11)12)6-9-16-7-1-2-8-16/h3-5,10H,1-2,6-9H2. The number of pyridine rings is 1. The predicted molar refractivity (Wildman–Crippen MR) is 72.3 cm³/mol. The first-order valence-electron chi connectivity index (χ1n) is 6.18. The number of imidazole rings is 1. The molecule has 0 spiro atoms. The molecule has 1 aliphatic rings. The number of nitrogens with zero attached hydrogens (tertiary/aromatic N) is 3. The maximum absolute atomic E-state index is 4.52. The van der Waals surface area contributed by atoms with E-state index < -0.39 is 0 Å². The summed E-state index contributed by atoms with van der Waals surface area (Å²) in [5, 5.41) is 0. The van der Waals surface area contributed by atoms with Crippen molar-refractivity contribution in [2.45, 2.75) is 19.3 Å². The number of hydrogen-bond acceptors (Lipinski definition) is 2. The van der Waals surface area contributed by atoms with Crippen molar-refractivity contribution in [3.05, 3.63) is 34.8 Å². The first-order chi connectivity index (χ1) is 8.34. The Labute approximate surface area is 110 Å². The zero-order valence-corrected chi connectivity index (χ0v) is 11.4. The maximum atomic E-state index is 4.52. The van der Waals surface area contributed by atoms with E-state index in [0.29, 0.717) is 0 Å². The van der Waals surface area contributed by atoms with Gasteiger partial charge < -0.3 is 4.90 Å². The van der Waals surface area contributed by atoms with Crippen LogP contribution in [0.3, 0.4) is 0 Å². The fraction of sp³-hybridized carbons (Fsp3) is 0.462. The molecule has 0 saturated carbocycles. The highest BCUT2D eigenvalue weighted by Crippen LogP contribution is 2.17. The van der Waals surface area contributed by atoms with Crippen LogP contribution in [-0.4, -0.2) is 33.9 Å². The first kappa shape index (κ1) is 11.2. The summed E-state index contributed by atoms with van der Waals surface area (Å²) >= 11 is 3.59. The second kappa shape index (κ2) is 4.78. The monoisotopic (exact) mass is 293 g/mol. The molecule has 2 aromatic heterocycles. The molecule has 17 heavy (non-hydrogen) atoms. The van der Waals surface area contributed by atoms with E-state index in [4.69, 9.17) is 0 Å². The molecule has 0 N–H and O–H groups in total. The van der Waals surface area contributed by atoms with Gasteiger partial charge in [-0.25, -0.2) is 4.98 Å². The summed E-state index contributed by atoms with van der Waals surface area (Å²) in [5.74, 6) is 1.15. The van der Waals surface area contributed by atoms with E-state index in [1.54, 1.807) is 0 Å². The molecule has 3 rings (SSSR count). The van der Waals surface area contributed by atoms with E-state index in [2.05, 4.69) is 42.3 Å². The van der Waals surface area contributed by atoms with Crippen LogP contribution in [0.25, 0.3) is 5.52 Å². The van der Waals surface area contributed by atoms with Gasteiger partial charge in [0.2, 0.25) is 0 Å². The van der Waals surface area contributed by atoms with Crippen molar-refractivity contribution in [2.75, 3.05) is 19.6 Å². The summed E-state index contributed by atoms with van der Waals surface area (Å²) in [6.45, 7) is 3.63. The van der Waals surface area contributed by atoms with Crippen molar-refractivity contribution in [2.24, 2.45) is 0 Å². The van der Waals surface area contributed by atoms with Gasteiger partial charge in [0.15, 0.2) is 0 Å². The Kier molecular flexibility index (Phi) is 3.16. The average Bonchev–Trinajstić information content (AvgIpc) is 2.95. The smallest absolute Gasteiger partial charge is 0.115 e. The minimum atomic E-state index is 1.02. The van der Waals surface area contributed by atoms with Gasteiger partial charge in [-0.05, 0) is 54.0 Å². The SMILES string of the molecule is Brc1cccc2cnc(CCN3CCCC3)n12. The molecule has 0 aliphatic carbocycles. The minimum Gasteiger partial charge on any atom is -0.303 e. The lowest BCUT2D eigenvalue weighted by molar-refractivity contribution is 0.340. The third-order valence-corrected chi connectivity index (χ3v) is 4.05. The number of hydrogen-bond donors (Lipinski definition) is 0. The molecule has 0 unspecified atom stereocenters. The van der Waals surface area contributed by atoms with Crippen LogP contribution in [0.4, 0.5) is 0 Å². The lowest BCUT2D eigenvalue weighted by atomic mass is 10.3. The summed E-state index contributed by atoms with van der Waals surface area (Å²) < 4.78 is 3.28. The molecule has 0 bridgehead atoms. The third-order valence-electron chi connectivity index (χ3n) is 3.43. The van der Waals surface area contributed by atoms with Crippen LogP contribution in [0.15, 0.2) is 29.0 Å². The van der Waals surface area contributed by atoms with E-state index >= 15 is 0 Å². The van der Waals surface area contributed by atoms with Gasteiger partial charge >= 0.3 is 0 Å². The summed E-state index contributed by atoms with van der Waals surface area (Å²) in [4.78, 5) is 7.05. The molecule has 0 amide bonds. The van der Waals surface area contributed by atoms with E-state index in [0.717, 1.165) is 28.9 Å². The van der Waals surface area contributed by atoms with Crippen LogP contribution in [0, 0.1) is 0 Å². The fourth-order valence-electron chi connectivity index (χ4n) is 2.51. The molecule has 0 atom stereocenters. The zero-order valence-electron chi connectivity index (χ0n) is 9.77. The highest BCUT2D eigenvalue weighted by molar-refractivity contribution is 9.10. The Hall–Kier alpha value is -0.870. The van der Waals surface area contributed by atoms with Crippen molar-refractivity contribution in [1.29, 1.82) is 0 Å². The Morgan fingerprint density at radius 1 is 1.24 bits per heavy atom. The molecule has 0 radical (unpaired) electrons. The van der Waals surface area contributed by atoms with Gasteiger partial charge in [0.25, 0.3) is 0 Å². The van der Waals surface area contributed by atoms with Gasteiger partial charge in [-0.15, -0.1) is 0 Å². The molecule has 1 saturated heterocycles. The van der Waals surface area contributed by atoms with Crippen molar-refractivity contribution < 1.29 is 0 Å². The Balaban J connectivity index is 1.80. The predicted octanol–water partition coefficient (Wildman–Crippen LogP) is 2.74. The van der Waals surface area contributed by atoms with E-state index in [1.807, 2.05) is 12.3 Å². The second-order valence-electron chi connectivity index (χ2n) is 4.58. The Bertz CT molecular complexity index is 514. The van der Waals surface area contributed by atoms with Gasteiger partial charge in [-0.1, -0.05) is 6.07 Å². The number of rotatable bonds is 3. The van der Waals surface area contributed by atoms with Crippen LogP contribution in [0.5, 0.6) is 0 Å². The molecular weight excluding hydrogens is 278 g/mol. The van der Waals surface area contributed by atoms with Crippen LogP contribution in [-0.2, 0) is 6.42 Å². The van der Waals surface area contributed by atoms with Crippen LogP contribution >= 0.6 is 15.9 Å². The molecule has 90 valence electrons. The minimum absolute atomic E-state index is 1.02. The van der Waals surface area contributed by atoms with Gasteiger partial charge in [-0.2, -0.15) is 0 Å². The quantitative estimate of drug-likeness (QED) is 0.811. The van der Waals surface area contributed by atoms with Crippen LogP contribution in [0.1, 0.15) is 18.7 Å². The highest BCUT2D eigenvalue weighted by Gasteiger charge is 2.13. The fourth-order valence-corrected chi connectivity index (χ4v) is 3.07. The summed E-state index contributed by atoms with van der Waals surface area (Å²) in [5.41, 5.74) is 1.16. The largest absolute Gasteiger partial charge is 0.303 e. The topological polar surface area (TPSA) is 20.5 Å². The van der Waals surface area contributed by atoms with Crippen molar-refractivity contribution in [3.63, 3.8) is 0 Å². The lowest BCUT2D eigenvalue weighted by Crippen LogP contribution is -2.22. The average molecular weight is 294 g/mol. The molecule has 3 heterocycles. The third kappa shape index (κ3) is 2.24. The summed E-state index contributed by atoms with van der Waals surface area (Å²) in [6.07, 6.45) is 5.68. The van der Waals surface area contributed by atoms with Gasteiger partial charge in [-0.3, -0.25) is 4.40 Å². The zero-order chi connectivity index (χ0) is 11.7. The highest BCUT2D eigenvalue weighted by atomic mass is 79.9.